The number of carbonyl (C=O) groups is 1. The molecule has 2 fully saturated rings. The minimum absolute atomic E-state index is 0.234. The highest BCUT2D eigenvalue weighted by Gasteiger charge is 2.70. The molecule has 0 aromatic heterocycles. The molecule has 1 aromatic rings. The van der Waals surface area contributed by atoms with Gasteiger partial charge in [-0.05, 0) is 26.3 Å². The number of amides is 1. The van der Waals surface area contributed by atoms with Crippen molar-refractivity contribution in [3.63, 3.8) is 0 Å². The maximum absolute atomic E-state index is 12.1. The van der Waals surface area contributed by atoms with Crippen LogP contribution < -0.4 is 0 Å². The Kier molecular flexibility index (Phi) is 2.98. The lowest BCUT2D eigenvalue weighted by atomic mass is 9.92. The van der Waals surface area contributed by atoms with E-state index < -0.39 is 11.0 Å². The van der Waals surface area contributed by atoms with E-state index in [1.165, 1.54) is 0 Å². The molecule has 1 saturated carbocycles. The lowest BCUT2D eigenvalue weighted by Crippen LogP contribution is -2.38. The second kappa shape index (κ2) is 4.49. The molecule has 1 aliphatic heterocycles. The summed E-state index contributed by atoms with van der Waals surface area (Å²) in [5.41, 5.74) is 0.196. The number of rotatable bonds is 1. The van der Waals surface area contributed by atoms with Crippen LogP contribution in [0.15, 0.2) is 30.3 Å². The Morgan fingerprint density at radius 2 is 1.86 bits per heavy atom. The summed E-state index contributed by atoms with van der Waals surface area (Å²) >= 11 is 0. The number of hydrogen-bond acceptors (Lipinski definition) is 3. The molecule has 1 saturated heterocycles. The normalized spacial score (nSPS) is 30.5. The number of nitriles is 1. The molecule has 3 rings (SSSR count). The molecule has 0 radical (unpaired) electrons. The van der Waals surface area contributed by atoms with Crippen LogP contribution in [0, 0.1) is 23.2 Å². The molecule has 2 atom stereocenters. The first kappa shape index (κ1) is 13.9. The van der Waals surface area contributed by atoms with E-state index in [1.54, 1.807) is 4.90 Å². The van der Waals surface area contributed by atoms with E-state index in [4.69, 9.17) is 4.74 Å². The number of carbonyl (C=O) groups excluding carboxylic acids is 1. The van der Waals surface area contributed by atoms with Crippen molar-refractivity contribution in [2.45, 2.75) is 31.8 Å². The zero-order chi connectivity index (χ0) is 15.3. The summed E-state index contributed by atoms with van der Waals surface area (Å²) in [4.78, 5) is 13.8. The van der Waals surface area contributed by atoms with Gasteiger partial charge in [0, 0.05) is 24.9 Å². The highest BCUT2D eigenvalue weighted by atomic mass is 16.6. The summed E-state index contributed by atoms with van der Waals surface area (Å²) < 4.78 is 5.40. The fourth-order valence-electron chi connectivity index (χ4n) is 3.48. The molecule has 2 unspecified atom stereocenters. The third-order valence-corrected chi connectivity index (χ3v) is 4.47. The summed E-state index contributed by atoms with van der Waals surface area (Å²) in [7, 11) is 0. The van der Waals surface area contributed by atoms with E-state index in [2.05, 4.69) is 6.07 Å². The SMILES string of the molecule is CC(C)(C)OC(=O)N1CC2C(C1)C2(C#N)c1ccccc1. The van der Waals surface area contributed by atoms with Crippen LogP contribution in [0.5, 0.6) is 0 Å². The van der Waals surface area contributed by atoms with E-state index in [9.17, 15) is 10.1 Å². The monoisotopic (exact) mass is 284 g/mol. The van der Waals surface area contributed by atoms with Crippen molar-refractivity contribution in [1.29, 1.82) is 5.26 Å². The number of piperidine rings is 1. The topological polar surface area (TPSA) is 53.3 Å². The van der Waals surface area contributed by atoms with E-state index >= 15 is 0 Å². The van der Waals surface area contributed by atoms with Crippen molar-refractivity contribution in [1.82, 2.24) is 4.90 Å². The number of ether oxygens (including phenoxy) is 1. The average Bonchev–Trinajstić information content (AvgIpc) is 2.80. The molecule has 0 bridgehead atoms. The van der Waals surface area contributed by atoms with Crippen LogP contribution in [0.3, 0.4) is 0 Å². The quantitative estimate of drug-likeness (QED) is 0.796. The lowest BCUT2D eigenvalue weighted by Gasteiger charge is -2.27. The Morgan fingerprint density at radius 3 is 2.33 bits per heavy atom. The maximum Gasteiger partial charge on any atom is 0.410 e. The van der Waals surface area contributed by atoms with Gasteiger partial charge in [0.15, 0.2) is 0 Å². The van der Waals surface area contributed by atoms with Crippen LogP contribution in [0.1, 0.15) is 26.3 Å². The summed E-state index contributed by atoms with van der Waals surface area (Å²) in [6.45, 7) is 6.83. The smallest absolute Gasteiger partial charge is 0.410 e. The van der Waals surface area contributed by atoms with Crippen LogP contribution in [0.25, 0.3) is 0 Å². The highest BCUT2D eigenvalue weighted by molar-refractivity contribution is 5.69. The van der Waals surface area contributed by atoms with Crippen molar-refractivity contribution in [3.8, 4) is 6.07 Å². The third-order valence-electron chi connectivity index (χ3n) is 4.47. The van der Waals surface area contributed by atoms with Crippen LogP contribution >= 0.6 is 0 Å². The fourth-order valence-corrected chi connectivity index (χ4v) is 3.48. The number of likely N-dealkylation sites (tertiary alicyclic amines) is 1. The van der Waals surface area contributed by atoms with Crippen molar-refractivity contribution in [2.75, 3.05) is 13.1 Å². The molecule has 0 spiro atoms. The van der Waals surface area contributed by atoms with Crippen LogP contribution in [0.2, 0.25) is 0 Å². The molecule has 1 amide bonds. The van der Waals surface area contributed by atoms with Crippen molar-refractivity contribution in [2.24, 2.45) is 11.8 Å². The lowest BCUT2D eigenvalue weighted by molar-refractivity contribution is 0.0266. The first-order valence-electron chi connectivity index (χ1n) is 7.33. The zero-order valence-corrected chi connectivity index (χ0v) is 12.7. The minimum Gasteiger partial charge on any atom is -0.444 e. The molecule has 0 N–H and O–H groups in total. The molecule has 4 nitrogen and oxygen atoms in total. The Labute approximate surface area is 125 Å². The van der Waals surface area contributed by atoms with Gasteiger partial charge < -0.3 is 9.64 Å². The number of benzene rings is 1. The van der Waals surface area contributed by atoms with Crippen LogP contribution in [0.4, 0.5) is 4.79 Å². The Bertz CT molecular complexity index is 585. The van der Waals surface area contributed by atoms with Gasteiger partial charge in [-0.25, -0.2) is 4.79 Å². The predicted molar refractivity (Wildman–Crippen MR) is 78.5 cm³/mol. The molecule has 1 aromatic carbocycles. The molecule has 1 heterocycles. The number of fused-ring (bicyclic) bond motifs is 1. The van der Waals surface area contributed by atoms with E-state index in [0.717, 1.165) is 5.56 Å². The Hall–Kier alpha value is -2.02. The predicted octanol–water partition coefficient (Wildman–Crippen LogP) is 2.94. The number of nitrogens with zero attached hydrogens (tertiary/aromatic N) is 2. The van der Waals surface area contributed by atoms with Gasteiger partial charge in [0.05, 0.1) is 11.5 Å². The molecule has 2 aliphatic rings. The van der Waals surface area contributed by atoms with Crippen LogP contribution in [-0.2, 0) is 10.2 Å². The fraction of sp³-hybridized carbons (Fsp3) is 0.529. The molecule has 110 valence electrons. The summed E-state index contributed by atoms with van der Waals surface area (Å²) in [5.74, 6) is 0.467. The molecular weight excluding hydrogens is 264 g/mol. The highest BCUT2D eigenvalue weighted by Crippen LogP contribution is 2.63. The van der Waals surface area contributed by atoms with Crippen LogP contribution in [-0.4, -0.2) is 29.7 Å². The van der Waals surface area contributed by atoms with Gasteiger partial charge in [0.25, 0.3) is 0 Å². The first-order chi connectivity index (χ1) is 9.88. The Morgan fingerprint density at radius 1 is 1.29 bits per heavy atom. The van der Waals surface area contributed by atoms with Gasteiger partial charge in [-0.1, -0.05) is 30.3 Å². The second-order valence-corrected chi connectivity index (χ2v) is 6.95. The van der Waals surface area contributed by atoms with Gasteiger partial charge in [-0.15, -0.1) is 0 Å². The zero-order valence-electron chi connectivity index (χ0n) is 12.7. The van der Waals surface area contributed by atoms with E-state index in [0.29, 0.717) is 13.1 Å². The van der Waals surface area contributed by atoms with Gasteiger partial charge >= 0.3 is 6.09 Å². The summed E-state index contributed by atoms with van der Waals surface area (Å²) in [6.07, 6.45) is -0.269. The van der Waals surface area contributed by atoms with Gasteiger partial charge in [-0.2, -0.15) is 5.26 Å². The molecule has 4 heteroatoms. The first-order valence-corrected chi connectivity index (χ1v) is 7.33. The maximum atomic E-state index is 12.1. The average molecular weight is 284 g/mol. The van der Waals surface area contributed by atoms with E-state index in [1.807, 2.05) is 51.1 Å². The Balaban J connectivity index is 1.71. The summed E-state index contributed by atoms with van der Waals surface area (Å²) in [5, 5.41) is 9.64. The molecular formula is C17H20N2O2. The van der Waals surface area contributed by atoms with Gasteiger partial charge in [-0.3, -0.25) is 0 Å². The number of hydrogen-bond donors (Lipinski definition) is 0. The van der Waals surface area contributed by atoms with Gasteiger partial charge in [0.1, 0.15) is 5.60 Å². The van der Waals surface area contributed by atoms with Crippen molar-refractivity contribution >= 4 is 6.09 Å². The van der Waals surface area contributed by atoms with Crippen molar-refractivity contribution < 1.29 is 9.53 Å². The van der Waals surface area contributed by atoms with E-state index in [-0.39, 0.29) is 17.9 Å². The minimum atomic E-state index is -0.477. The largest absolute Gasteiger partial charge is 0.444 e. The standard InChI is InChI=1S/C17H20N2O2/c1-16(2,3)21-15(20)19-9-13-14(10-19)17(13,11-18)12-7-5-4-6-8-12/h4-8,13-14H,9-10H2,1-3H3. The summed E-state index contributed by atoms with van der Waals surface area (Å²) in [6, 6.07) is 12.4. The molecule has 1 aliphatic carbocycles. The third kappa shape index (κ3) is 2.17. The second-order valence-electron chi connectivity index (χ2n) is 6.95. The van der Waals surface area contributed by atoms with Gasteiger partial charge in [0.2, 0.25) is 0 Å². The molecule has 21 heavy (non-hydrogen) atoms. The van der Waals surface area contributed by atoms with Crippen molar-refractivity contribution in [3.05, 3.63) is 35.9 Å².